The van der Waals surface area contributed by atoms with Crippen molar-refractivity contribution >= 4 is 48.3 Å². The molecule has 0 saturated carbocycles. The Hall–Kier alpha value is -3.23. The molecule has 1 heterocycles. The number of fused-ring (bicyclic) bond motifs is 1. The fraction of sp³-hybridized carbons (Fsp3) is 0.0909. The van der Waals surface area contributed by atoms with Crippen LogP contribution in [0.1, 0.15) is 21.5 Å². The lowest BCUT2D eigenvalue weighted by atomic mass is 10.1. The van der Waals surface area contributed by atoms with E-state index in [0.717, 1.165) is 15.8 Å². The molecule has 0 saturated heterocycles. The minimum Gasteiger partial charge on any atom is -0.298 e. The summed E-state index contributed by atoms with van der Waals surface area (Å²) in [5, 5.41) is 3.25. The van der Waals surface area contributed by atoms with Gasteiger partial charge in [-0.1, -0.05) is 46.7 Å². The standard InChI is InChI=1S/C22H19N3O3S2/c1-14-3-7-16(8-4-14)21(26)24-22-23-19-13-17(9-12-20(19)29-22)25-30(27,28)18-10-5-15(2)6-11-18/h3-13,25H,1-2H3,(H,23,24,26). The Labute approximate surface area is 178 Å². The van der Waals surface area contributed by atoms with E-state index in [1.807, 2.05) is 26.0 Å². The van der Waals surface area contributed by atoms with Crippen LogP contribution in [0.3, 0.4) is 0 Å². The molecule has 0 aliphatic heterocycles. The van der Waals surface area contributed by atoms with Crippen LogP contribution in [0, 0.1) is 13.8 Å². The SMILES string of the molecule is Cc1ccc(C(=O)Nc2nc3cc(NS(=O)(=O)c4ccc(C)cc4)ccc3s2)cc1. The van der Waals surface area contributed by atoms with Gasteiger partial charge in [-0.15, -0.1) is 0 Å². The lowest BCUT2D eigenvalue weighted by Crippen LogP contribution is -2.12. The number of sulfonamides is 1. The Morgan fingerprint density at radius 1 is 0.900 bits per heavy atom. The minimum atomic E-state index is -3.69. The predicted octanol–water partition coefficient (Wildman–Crippen LogP) is 4.97. The molecule has 30 heavy (non-hydrogen) atoms. The van der Waals surface area contributed by atoms with E-state index in [9.17, 15) is 13.2 Å². The molecule has 0 aliphatic rings. The van der Waals surface area contributed by atoms with Crippen molar-refractivity contribution in [2.45, 2.75) is 18.7 Å². The fourth-order valence-corrected chi connectivity index (χ4v) is 4.74. The van der Waals surface area contributed by atoms with Gasteiger partial charge < -0.3 is 0 Å². The van der Waals surface area contributed by atoms with Crippen LogP contribution < -0.4 is 10.0 Å². The Bertz CT molecular complexity index is 1330. The molecule has 0 spiro atoms. The third-order valence-corrected chi connectivity index (χ3v) is 6.85. The van der Waals surface area contributed by atoms with Crippen LogP contribution in [-0.4, -0.2) is 19.3 Å². The smallest absolute Gasteiger partial charge is 0.261 e. The van der Waals surface area contributed by atoms with Crippen molar-refractivity contribution in [1.82, 2.24) is 4.98 Å². The number of benzene rings is 3. The van der Waals surface area contributed by atoms with E-state index in [2.05, 4.69) is 15.0 Å². The van der Waals surface area contributed by atoms with Gasteiger partial charge in [-0.2, -0.15) is 0 Å². The zero-order valence-electron chi connectivity index (χ0n) is 16.3. The lowest BCUT2D eigenvalue weighted by molar-refractivity contribution is 0.102. The zero-order chi connectivity index (χ0) is 21.3. The van der Waals surface area contributed by atoms with E-state index >= 15 is 0 Å². The molecule has 152 valence electrons. The fourth-order valence-electron chi connectivity index (χ4n) is 2.85. The molecule has 2 N–H and O–H groups in total. The molecule has 0 bridgehead atoms. The molecule has 0 atom stereocenters. The number of hydrogen-bond acceptors (Lipinski definition) is 5. The van der Waals surface area contributed by atoms with Crippen LogP contribution >= 0.6 is 11.3 Å². The van der Waals surface area contributed by atoms with Gasteiger partial charge >= 0.3 is 0 Å². The number of anilines is 2. The van der Waals surface area contributed by atoms with Gasteiger partial charge in [-0.25, -0.2) is 13.4 Å². The van der Waals surface area contributed by atoms with Gasteiger partial charge in [0.2, 0.25) is 0 Å². The molecule has 3 aromatic carbocycles. The molecule has 6 nitrogen and oxygen atoms in total. The van der Waals surface area contributed by atoms with Crippen LogP contribution in [0.2, 0.25) is 0 Å². The molecular formula is C22H19N3O3S2. The number of thiazole rings is 1. The van der Waals surface area contributed by atoms with Gasteiger partial charge in [-0.3, -0.25) is 14.8 Å². The molecule has 4 aromatic rings. The topological polar surface area (TPSA) is 88.2 Å². The van der Waals surface area contributed by atoms with Crippen molar-refractivity contribution < 1.29 is 13.2 Å². The first-order valence-corrected chi connectivity index (χ1v) is 11.5. The number of hydrogen-bond donors (Lipinski definition) is 2. The van der Waals surface area contributed by atoms with Crippen molar-refractivity contribution in [1.29, 1.82) is 0 Å². The molecule has 1 aromatic heterocycles. The highest BCUT2D eigenvalue weighted by molar-refractivity contribution is 7.92. The summed E-state index contributed by atoms with van der Waals surface area (Å²) in [4.78, 5) is 17.0. The first-order valence-electron chi connectivity index (χ1n) is 9.18. The van der Waals surface area contributed by atoms with Gasteiger partial charge in [0.1, 0.15) is 0 Å². The highest BCUT2D eigenvalue weighted by Gasteiger charge is 2.15. The summed E-state index contributed by atoms with van der Waals surface area (Å²) in [6, 6.07) is 19.0. The summed E-state index contributed by atoms with van der Waals surface area (Å²) in [7, 11) is -3.69. The second-order valence-corrected chi connectivity index (χ2v) is 9.65. The molecular weight excluding hydrogens is 418 g/mol. The predicted molar refractivity (Wildman–Crippen MR) is 121 cm³/mol. The normalized spacial score (nSPS) is 11.4. The Balaban J connectivity index is 1.54. The van der Waals surface area contributed by atoms with E-state index < -0.39 is 10.0 Å². The average Bonchev–Trinajstić information content (AvgIpc) is 3.10. The second kappa shape index (κ2) is 7.89. The summed E-state index contributed by atoms with van der Waals surface area (Å²) in [6.07, 6.45) is 0. The second-order valence-electron chi connectivity index (χ2n) is 6.94. The minimum absolute atomic E-state index is 0.192. The summed E-state index contributed by atoms with van der Waals surface area (Å²) < 4.78 is 28.6. The van der Waals surface area contributed by atoms with Crippen molar-refractivity contribution in [3.63, 3.8) is 0 Å². The van der Waals surface area contributed by atoms with Gasteiger partial charge in [0.05, 0.1) is 20.8 Å². The van der Waals surface area contributed by atoms with Gasteiger partial charge in [-0.05, 0) is 56.3 Å². The van der Waals surface area contributed by atoms with Crippen LogP contribution in [0.5, 0.6) is 0 Å². The zero-order valence-corrected chi connectivity index (χ0v) is 18.0. The third kappa shape index (κ3) is 4.34. The van der Waals surface area contributed by atoms with E-state index in [-0.39, 0.29) is 10.8 Å². The van der Waals surface area contributed by atoms with E-state index in [1.165, 1.54) is 11.3 Å². The van der Waals surface area contributed by atoms with Crippen molar-refractivity contribution in [3.05, 3.63) is 83.4 Å². The number of aromatic nitrogens is 1. The van der Waals surface area contributed by atoms with E-state index in [4.69, 9.17) is 0 Å². The molecule has 0 radical (unpaired) electrons. The summed E-state index contributed by atoms with van der Waals surface area (Å²) in [6.45, 7) is 3.86. The lowest BCUT2D eigenvalue weighted by Gasteiger charge is -2.08. The highest BCUT2D eigenvalue weighted by Crippen LogP contribution is 2.29. The van der Waals surface area contributed by atoms with Crippen molar-refractivity contribution in [3.8, 4) is 0 Å². The maximum absolute atomic E-state index is 12.6. The highest BCUT2D eigenvalue weighted by atomic mass is 32.2. The first kappa shape index (κ1) is 20.1. The van der Waals surface area contributed by atoms with Crippen LogP contribution in [0.15, 0.2) is 71.6 Å². The largest absolute Gasteiger partial charge is 0.298 e. The van der Waals surface area contributed by atoms with Gasteiger partial charge in [0, 0.05) is 5.56 Å². The Kier molecular flexibility index (Phi) is 5.27. The first-order chi connectivity index (χ1) is 14.3. The molecule has 0 unspecified atom stereocenters. The number of rotatable bonds is 5. The number of amides is 1. The summed E-state index contributed by atoms with van der Waals surface area (Å²) >= 11 is 1.33. The molecule has 8 heteroatoms. The summed E-state index contributed by atoms with van der Waals surface area (Å²) in [5.74, 6) is -0.241. The molecule has 4 rings (SSSR count). The van der Waals surface area contributed by atoms with Crippen LogP contribution in [0.4, 0.5) is 10.8 Å². The number of nitrogens with zero attached hydrogens (tertiary/aromatic N) is 1. The number of aryl methyl sites for hydroxylation is 2. The average molecular weight is 438 g/mol. The number of carbonyl (C=O) groups excluding carboxylic acids is 1. The Morgan fingerprint density at radius 3 is 2.20 bits per heavy atom. The van der Waals surface area contributed by atoms with Crippen molar-refractivity contribution in [2.24, 2.45) is 0 Å². The van der Waals surface area contributed by atoms with Crippen molar-refractivity contribution in [2.75, 3.05) is 10.0 Å². The summed E-state index contributed by atoms with van der Waals surface area (Å²) in [5.41, 5.74) is 3.62. The monoisotopic (exact) mass is 437 g/mol. The van der Waals surface area contributed by atoms with Crippen LogP contribution in [-0.2, 0) is 10.0 Å². The maximum atomic E-state index is 12.6. The third-order valence-electron chi connectivity index (χ3n) is 4.51. The van der Waals surface area contributed by atoms with Gasteiger partial charge in [0.25, 0.3) is 15.9 Å². The van der Waals surface area contributed by atoms with E-state index in [0.29, 0.717) is 21.9 Å². The molecule has 0 aliphatic carbocycles. The Morgan fingerprint density at radius 2 is 1.53 bits per heavy atom. The number of carbonyl (C=O) groups is 1. The quantitative estimate of drug-likeness (QED) is 0.462. The molecule has 0 fully saturated rings. The maximum Gasteiger partial charge on any atom is 0.261 e. The van der Waals surface area contributed by atoms with Crippen LogP contribution in [0.25, 0.3) is 10.2 Å². The molecule has 1 amide bonds. The van der Waals surface area contributed by atoms with E-state index in [1.54, 1.807) is 54.6 Å². The number of nitrogens with one attached hydrogen (secondary N) is 2. The van der Waals surface area contributed by atoms with Gasteiger partial charge in [0.15, 0.2) is 5.13 Å².